The SMILES string of the molecule is CCOc1cc(C=CC(=O)NCC(=O)NCc2ccco2)cc(Cl)c1OC. The molecule has 0 spiro atoms. The minimum atomic E-state index is -0.409. The van der Waals surface area contributed by atoms with Crippen molar-refractivity contribution in [3.05, 3.63) is 53.0 Å². The number of hydrogen-bond donors (Lipinski definition) is 2. The summed E-state index contributed by atoms with van der Waals surface area (Å²) in [6.07, 6.45) is 4.41. The van der Waals surface area contributed by atoms with E-state index in [-0.39, 0.29) is 19.0 Å². The van der Waals surface area contributed by atoms with E-state index >= 15 is 0 Å². The van der Waals surface area contributed by atoms with E-state index in [0.29, 0.717) is 34.5 Å². The van der Waals surface area contributed by atoms with Gasteiger partial charge in [-0.15, -0.1) is 0 Å². The van der Waals surface area contributed by atoms with Gasteiger partial charge in [-0.1, -0.05) is 11.6 Å². The summed E-state index contributed by atoms with van der Waals surface area (Å²) < 4.78 is 15.8. The van der Waals surface area contributed by atoms with E-state index in [1.807, 2.05) is 6.92 Å². The first-order valence-corrected chi connectivity index (χ1v) is 8.66. The highest BCUT2D eigenvalue weighted by molar-refractivity contribution is 6.32. The molecule has 0 atom stereocenters. The Morgan fingerprint density at radius 3 is 2.78 bits per heavy atom. The van der Waals surface area contributed by atoms with Crippen molar-refractivity contribution >= 4 is 29.5 Å². The maximum absolute atomic E-state index is 11.9. The van der Waals surface area contributed by atoms with Gasteiger partial charge in [-0.2, -0.15) is 0 Å². The predicted molar refractivity (Wildman–Crippen MR) is 102 cm³/mol. The third-order valence-electron chi connectivity index (χ3n) is 3.43. The van der Waals surface area contributed by atoms with Crippen molar-refractivity contribution in [3.8, 4) is 11.5 Å². The third kappa shape index (κ3) is 6.38. The number of nitrogens with one attached hydrogen (secondary N) is 2. The first-order valence-electron chi connectivity index (χ1n) is 8.28. The van der Waals surface area contributed by atoms with Crippen LogP contribution in [0.5, 0.6) is 11.5 Å². The molecule has 8 heteroatoms. The van der Waals surface area contributed by atoms with E-state index in [1.54, 1.807) is 30.3 Å². The highest BCUT2D eigenvalue weighted by Crippen LogP contribution is 2.36. The van der Waals surface area contributed by atoms with Crippen LogP contribution in [0.1, 0.15) is 18.2 Å². The molecule has 144 valence electrons. The van der Waals surface area contributed by atoms with Gasteiger partial charge in [0.25, 0.3) is 0 Å². The average molecular weight is 393 g/mol. The number of methoxy groups -OCH3 is 1. The Morgan fingerprint density at radius 2 is 2.11 bits per heavy atom. The molecular weight excluding hydrogens is 372 g/mol. The summed E-state index contributed by atoms with van der Waals surface area (Å²) in [5, 5.41) is 5.51. The summed E-state index contributed by atoms with van der Waals surface area (Å²) in [5.41, 5.74) is 0.668. The van der Waals surface area contributed by atoms with Crippen LogP contribution in [0.4, 0.5) is 0 Å². The highest BCUT2D eigenvalue weighted by atomic mass is 35.5. The van der Waals surface area contributed by atoms with Crippen LogP contribution in [-0.4, -0.2) is 32.1 Å². The van der Waals surface area contributed by atoms with Crippen molar-refractivity contribution in [1.82, 2.24) is 10.6 Å². The first kappa shape index (κ1) is 20.4. The van der Waals surface area contributed by atoms with Gasteiger partial charge in [0.2, 0.25) is 11.8 Å². The second-order valence-corrected chi connectivity index (χ2v) is 5.78. The normalized spacial score (nSPS) is 10.6. The first-order chi connectivity index (χ1) is 13.0. The van der Waals surface area contributed by atoms with Crippen LogP contribution in [0.15, 0.2) is 41.0 Å². The standard InChI is InChI=1S/C19H21ClN2O5/c1-3-26-16-10-13(9-15(20)19(16)25-2)6-7-17(23)22-12-18(24)21-11-14-5-4-8-27-14/h4-10H,3,11-12H2,1-2H3,(H,21,24)(H,22,23). The smallest absolute Gasteiger partial charge is 0.244 e. The molecule has 1 aromatic heterocycles. The molecule has 27 heavy (non-hydrogen) atoms. The third-order valence-corrected chi connectivity index (χ3v) is 3.71. The lowest BCUT2D eigenvalue weighted by molar-refractivity contribution is -0.124. The second kappa shape index (κ2) is 10.3. The lowest BCUT2D eigenvalue weighted by atomic mass is 10.2. The summed E-state index contributed by atoms with van der Waals surface area (Å²) in [7, 11) is 1.50. The van der Waals surface area contributed by atoms with Crippen molar-refractivity contribution in [2.75, 3.05) is 20.3 Å². The fraction of sp³-hybridized carbons (Fsp3) is 0.263. The van der Waals surface area contributed by atoms with E-state index in [9.17, 15) is 9.59 Å². The number of furan rings is 1. The maximum Gasteiger partial charge on any atom is 0.244 e. The van der Waals surface area contributed by atoms with E-state index in [2.05, 4.69) is 10.6 Å². The van der Waals surface area contributed by atoms with Crippen LogP contribution in [0, 0.1) is 0 Å². The van der Waals surface area contributed by atoms with Gasteiger partial charge in [0.1, 0.15) is 5.76 Å². The minimum absolute atomic E-state index is 0.141. The van der Waals surface area contributed by atoms with Gasteiger partial charge >= 0.3 is 0 Å². The van der Waals surface area contributed by atoms with Crippen molar-refractivity contribution in [2.45, 2.75) is 13.5 Å². The van der Waals surface area contributed by atoms with Crippen LogP contribution < -0.4 is 20.1 Å². The van der Waals surface area contributed by atoms with Crippen LogP contribution in [0.2, 0.25) is 5.02 Å². The molecule has 0 saturated carbocycles. The number of benzene rings is 1. The topological polar surface area (TPSA) is 89.8 Å². The van der Waals surface area contributed by atoms with Crippen molar-refractivity contribution in [2.24, 2.45) is 0 Å². The zero-order valence-electron chi connectivity index (χ0n) is 15.1. The maximum atomic E-state index is 11.9. The highest BCUT2D eigenvalue weighted by Gasteiger charge is 2.11. The number of hydrogen-bond acceptors (Lipinski definition) is 5. The molecule has 1 aromatic carbocycles. The molecule has 2 rings (SSSR count). The largest absolute Gasteiger partial charge is 0.491 e. The summed E-state index contributed by atoms with van der Waals surface area (Å²) >= 11 is 6.17. The Bertz CT molecular complexity index is 803. The van der Waals surface area contributed by atoms with E-state index in [4.69, 9.17) is 25.5 Å². The Kier molecular flexibility index (Phi) is 7.76. The lowest BCUT2D eigenvalue weighted by Gasteiger charge is -2.11. The van der Waals surface area contributed by atoms with Gasteiger partial charge < -0.3 is 24.5 Å². The summed E-state index contributed by atoms with van der Waals surface area (Å²) in [4.78, 5) is 23.6. The van der Waals surface area contributed by atoms with E-state index in [0.717, 1.165) is 0 Å². The molecule has 2 amide bonds. The van der Waals surface area contributed by atoms with Crippen LogP contribution in [0.3, 0.4) is 0 Å². The molecule has 0 aliphatic rings. The summed E-state index contributed by atoms with van der Waals surface area (Å²) in [6, 6.07) is 6.85. The van der Waals surface area contributed by atoms with Crippen LogP contribution in [0.25, 0.3) is 6.08 Å². The second-order valence-electron chi connectivity index (χ2n) is 5.37. The molecule has 2 N–H and O–H groups in total. The van der Waals surface area contributed by atoms with E-state index < -0.39 is 5.91 Å². The molecule has 0 aliphatic carbocycles. The average Bonchev–Trinajstić information content (AvgIpc) is 3.17. The fourth-order valence-electron chi connectivity index (χ4n) is 2.20. The number of amides is 2. The Hall–Kier alpha value is -2.93. The Morgan fingerprint density at radius 1 is 1.30 bits per heavy atom. The monoisotopic (exact) mass is 392 g/mol. The summed E-state index contributed by atoms with van der Waals surface area (Å²) in [6.45, 7) is 2.42. The molecule has 0 unspecified atom stereocenters. The minimum Gasteiger partial charge on any atom is -0.491 e. The molecule has 1 heterocycles. The summed E-state index contributed by atoms with van der Waals surface area (Å²) in [5.74, 6) is 0.835. The van der Waals surface area contributed by atoms with Gasteiger partial charge in [-0.05, 0) is 42.8 Å². The van der Waals surface area contributed by atoms with Gasteiger partial charge in [-0.25, -0.2) is 0 Å². The molecule has 0 aliphatic heterocycles. The van der Waals surface area contributed by atoms with Gasteiger partial charge in [0.15, 0.2) is 11.5 Å². The number of ether oxygens (including phenoxy) is 2. The number of halogens is 1. The molecule has 0 radical (unpaired) electrons. The molecule has 2 aromatic rings. The zero-order chi connectivity index (χ0) is 19.6. The number of carbonyl (C=O) groups excluding carboxylic acids is 2. The van der Waals surface area contributed by atoms with Gasteiger partial charge in [0, 0.05) is 6.08 Å². The Balaban J connectivity index is 1.87. The fourth-order valence-corrected chi connectivity index (χ4v) is 2.50. The van der Waals surface area contributed by atoms with Crippen LogP contribution in [-0.2, 0) is 16.1 Å². The van der Waals surface area contributed by atoms with Gasteiger partial charge in [-0.3, -0.25) is 9.59 Å². The van der Waals surface area contributed by atoms with Gasteiger partial charge in [0.05, 0.1) is 38.1 Å². The Labute approximate surface area is 162 Å². The van der Waals surface area contributed by atoms with Crippen molar-refractivity contribution in [1.29, 1.82) is 0 Å². The lowest BCUT2D eigenvalue weighted by Crippen LogP contribution is -2.35. The number of rotatable bonds is 9. The quantitative estimate of drug-likeness (QED) is 0.640. The van der Waals surface area contributed by atoms with Crippen molar-refractivity contribution < 1.29 is 23.5 Å². The molecule has 0 fully saturated rings. The molecular formula is C19H21ClN2O5. The number of carbonyl (C=O) groups is 2. The van der Waals surface area contributed by atoms with Crippen molar-refractivity contribution in [3.63, 3.8) is 0 Å². The molecule has 7 nitrogen and oxygen atoms in total. The molecule has 0 saturated heterocycles. The predicted octanol–water partition coefficient (Wildman–Crippen LogP) is 2.79. The van der Waals surface area contributed by atoms with E-state index in [1.165, 1.54) is 19.4 Å². The zero-order valence-corrected chi connectivity index (χ0v) is 15.8. The molecule has 0 bridgehead atoms. The van der Waals surface area contributed by atoms with Crippen LogP contribution >= 0.6 is 11.6 Å².